The fourth-order valence-corrected chi connectivity index (χ4v) is 8.34. The van der Waals surface area contributed by atoms with Gasteiger partial charge in [-0.05, 0) is 104 Å². The number of halogens is 2. The zero-order chi connectivity index (χ0) is 43.7. The smallest absolute Gasteiger partial charge is 0.326 e. The van der Waals surface area contributed by atoms with Crippen molar-refractivity contribution in [2.75, 3.05) is 34.7 Å². The van der Waals surface area contributed by atoms with E-state index in [-0.39, 0.29) is 42.8 Å². The van der Waals surface area contributed by atoms with Crippen molar-refractivity contribution in [3.63, 3.8) is 0 Å². The average Bonchev–Trinajstić information content (AvgIpc) is 3.88. The number of hydrogen-bond acceptors (Lipinski definition) is 10. The minimum Gasteiger partial charge on any atom is -0.465 e. The molecule has 0 amide bonds. The fraction of sp³-hybridized carbons (Fsp3) is 0.295. The molecule has 0 unspecified atom stereocenters. The average molecular weight is 863 g/mol. The Morgan fingerprint density at radius 1 is 0.750 bits per heavy atom. The quantitative estimate of drug-likeness (QED) is 0.0822. The van der Waals surface area contributed by atoms with Gasteiger partial charge in [-0.3, -0.25) is 23.4 Å². The van der Waals surface area contributed by atoms with Gasteiger partial charge in [0, 0.05) is 46.9 Å². The number of ketones is 2. The molecule has 0 spiro atoms. The molecule has 2 heterocycles. The number of anilines is 2. The SMILES string of the molecule is CCC(=O)c1c(-c2ccc(F)cc2)oc2cc(NS(C)(=O)=O)c(C)cc12.CCOC(=O)CN(c1cc2oc(-c3ccc(F)cc3)c(C(=O)CC)c2cc1C1CC1)S(C)(=O)=O. The molecule has 1 aliphatic rings. The van der Waals surface area contributed by atoms with Gasteiger partial charge in [-0.15, -0.1) is 0 Å². The third-order valence-corrected chi connectivity index (χ3v) is 11.6. The molecular weight excluding hydrogens is 819 g/mol. The zero-order valence-electron chi connectivity index (χ0n) is 33.9. The molecule has 0 aliphatic heterocycles. The number of carbonyl (C=O) groups excluding carboxylic acids is 3. The summed E-state index contributed by atoms with van der Waals surface area (Å²) in [5.41, 5.74) is 4.74. The predicted octanol–water partition coefficient (Wildman–Crippen LogP) is 9.55. The summed E-state index contributed by atoms with van der Waals surface area (Å²) in [6.07, 6.45) is 4.36. The molecule has 12 nitrogen and oxygen atoms in total. The highest BCUT2D eigenvalue weighted by Gasteiger charge is 2.34. The zero-order valence-corrected chi connectivity index (χ0v) is 35.5. The van der Waals surface area contributed by atoms with Crippen molar-refractivity contribution in [3.8, 4) is 22.6 Å². The molecule has 7 rings (SSSR count). The van der Waals surface area contributed by atoms with Crippen LogP contribution in [0.2, 0.25) is 0 Å². The minimum atomic E-state index is -3.83. The van der Waals surface area contributed by atoms with Crippen LogP contribution < -0.4 is 9.03 Å². The van der Waals surface area contributed by atoms with E-state index in [0.29, 0.717) is 72.7 Å². The number of esters is 1. The number of furan rings is 2. The molecule has 1 fully saturated rings. The van der Waals surface area contributed by atoms with Gasteiger partial charge in [0.05, 0.1) is 41.6 Å². The topological polar surface area (TPSA) is 170 Å². The van der Waals surface area contributed by atoms with E-state index in [2.05, 4.69) is 4.72 Å². The molecule has 16 heteroatoms. The normalized spacial score (nSPS) is 12.9. The van der Waals surface area contributed by atoms with Crippen molar-refractivity contribution < 1.29 is 53.6 Å². The number of hydrogen-bond donors (Lipinski definition) is 1. The number of carbonyl (C=O) groups is 3. The maximum Gasteiger partial charge on any atom is 0.326 e. The van der Waals surface area contributed by atoms with Crippen LogP contribution in [0.3, 0.4) is 0 Å². The highest BCUT2D eigenvalue weighted by molar-refractivity contribution is 7.92. The van der Waals surface area contributed by atoms with Crippen LogP contribution in [0.15, 0.2) is 81.6 Å². The number of aryl methyl sites for hydroxylation is 1. The largest absolute Gasteiger partial charge is 0.465 e. The van der Waals surface area contributed by atoms with E-state index in [1.54, 1.807) is 64.1 Å². The van der Waals surface area contributed by atoms with Gasteiger partial charge in [-0.2, -0.15) is 0 Å². The Balaban J connectivity index is 0.000000209. The molecule has 1 saturated carbocycles. The van der Waals surface area contributed by atoms with Gasteiger partial charge in [-0.1, -0.05) is 13.8 Å². The van der Waals surface area contributed by atoms with Crippen molar-refractivity contribution in [2.24, 2.45) is 0 Å². The highest BCUT2D eigenvalue weighted by atomic mass is 32.2. The summed E-state index contributed by atoms with van der Waals surface area (Å²) >= 11 is 0. The van der Waals surface area contributed by atoms with E-state index >= 15 is 0 Å². The summed E-state index contributed by atoms with van der Waals surface area (Å²) in [7, 11) is -7.28. The molecule has 0 saturated heterocycles. The maximum atomic E-state index is 13.5. The van der Waals surface area contributed by atoms with E-state index in [0.717, 1.165) is 35.2 Å². The number of ether oxygens (including phenoxy) is 1. The number of Topliss-reactive ketones (excluding diaryl/α,β-unsaturated/α-hetero) is 2. The summed E-state index contributed by atoms with van der Waals surface area (Å²) in [5.74, 6) is -0.944. The first kappa shape index (κ1) is 43.7. The Labute approximate surface area is 346 Å². The molecule has 1 N–H and O–H groups in total. The van der Waals surface area contributed by atoms with Gasteiger partial charge < -0.3 is 13.6 Å². The first-order valence-corrected chi connectivity index (χ1v) is 22.9. The van der Waals surface area contributed by atoms with Gasteiger partial charge in [-0.25, -0.2) is 25.6 Å². The first-order chi connectivity index (χ1) is 28.3. The standard InChI is InChI=1S/C25H26FNO6S.C19H18FNO4S/c1-4-21(28)24-19-12-18(15-6-7-15)20(27(34(3,30)31)14-23(29)32-5-2)13-22(19)33-25(24)16-8-10-17(26)11-9-16;1-4-16(22)18-14-9-11(2)15(21-26(3,23)24)10-17(14)25-19(18)12-5-7-13(20)8-6-12/h8-13,15H,4-7,14H2,1-3H3;5-10,21H,4H2,1-3H3. The van der Waals surface area contributed by atoms with E-state index in [9.17, 15) is 40.0 Å². The second-order valence-corrected chi connectivity index (χ2v) is 18.1. The number of benzene rings is 4. The van der Waals surface area contributed by atoms with Crippen LogP contribution in [0.5, 0.6) is 0 Å². The first-order valence-electron chi connectivity index (χ1n) is 19.2. The second kappa shape index (κ2) is 17.4. The Morgan fingerprint density at radius 3 is 1.67 bits per heavy atom. The number of nitrogens with zero attached hydrogens (tertiary/aromatic N) is 1. The number of sulfonamides is 2. The molecule has 4 aromatic carbocycles. The Kier molecular flexibility index (Phi) is 12.7. The van der Waals surface area contributed by atoms with Crippen LogP contribution in [0.1, 0.15) is 84.2 Å². The van der Waals surface area contributed by atoms with Crippen LogP contribution in [0.4, 0.5) is 20.2 Å². The monoisotopic (exact) mass is 862 g/mol. The molecule has 0 radical (unpaired) electrons. The van der Waals surface area contributed by atoms with E-state index in [1.165, 1.54) is 36.4 Å². The van der Waals surface area contributed by atoms with Crippen molar-refractivity contribution in [1.29, 1.82) is 0 Å². The molecule has 316 valence electrons. The third kappa shape index (κ3) is 9.60. The van der Waals surface area contributed by atoms with Gasteiger partial charge in [0.25, 0.3) is 0 Å². The lowest BCUT2D eigenvalue weighted by Crippen LogP contribution is -2.36. The maximum absolute atomic E-state index is 13.5. The number of fused-ring (bicyclic) bond motifs is 2. The van der Waals surface area contributed by atoms with Gasteiger partial charge in [0.2, 0.25) is 20.0 Å². The molecular formula is C44H44F2N2O10S2. The van der Waals surface area contributed by atoms with Crippen molar-refractivity contribution in [1.82, 2.24) is 0 Å². The van der Waals surface area contributed by atoms with Crippen LogP contribution in [-0.4, -0.2) is 60.0 Å². The van der Waals surface area contributed by atoms with Crippen LogP contribution in [0.25, 0.3) is 44.6 Å². The molecule has 60 heavy (non-hydrogen) atoms. The second-order valence-electron chi connectivity index (χ2n) is 14.5. The molecule has 0 atom stereocenters. The third-order valence-electron chi connectivity index (χ3n) is 9.84. The summed E-state index contributed by atoms with van der Waals surface area (Å²) in [6.45, 7) is 6.56. The van der Waals surface area contributed by atoms with Crippen molar-refractivity contribution in [3.05, 3.63) is 107 Å². The van der Waals surface area contributed by atoms with Crippen LogP contribution in [-0.2, 0) is 29.6 Å². The number of rotatable bonds is 14. The molecule has 1 aliphatic carbocycles. The van der Waals surface area contributed by atoms with E-state index in [4.69, 9.17) is 13.6 Å². The number of nitrogens with one attached hydrogen (secondary N) is 1. The van der Waals surface area contributed by atoms with Gasteiger partial charge >= 0.3 is 5.97 Å². The van der Waals surface area contributed by atoms with Crippen molar-refractivity contribution >= 4 is 70.9 Å². The van der Waals surface area contributed by atoms with Gasteiger partial charge in [0.1, 0.15) is 40.9 Å². The predicted molar refractivity (Wildman–Crippen MR) is 226 cm³/mol. The van der Waals surface area contributed by atoms with Gasteiger partial charge in [0.15, 0.2) is 11.6 Å². The lowest BCUT2D eigenvalue weighted by molar-refractivity contribution is -0.141. The van der Waals surface area contributed by atoms with E-state index in [1.807, 2.05) is 0 Å². The highest BCUT2D eigenvalue weighted by Crippen LogP contribution is 2.48. The fourth-order valence-electron chi connectivity index (χ4n) is 6.87. The van der Waals surface area contributed by atoms with E-state index < -0.39 is 38.4 Å². The molecule has 0 bridgehead atoms. The summed E-state index contributed by atoms with van der Waals surface area (Å²) < 4.78 is 95.6. The Morgan fingerprint density at radius 2 is 1.23 bits per heavy atom. The lowest BCUT2D eigenvalue weighted by atomic mass is 9.97. The van der Waals surface area contributed by atoms with Crippen LogP contribution in [0, 0.1) is 18.6 Å². The Hall–Kier alpha value is -5.87. The minimum absolute atomic E-state index is 0.105. The summed E-state index contributed by atoms with van der Waals surface area (Å²) in [4.78, 5) is 37.7. The molecule has 6 aromatic rings. The molecule has 2 aromatic heterocycles. The summed E-state index contributed by atoms with van der Waals surface area (Å²) in [5, 5.41) is 1.18. The van der Waals surface area contributed by atoms with Crippen molar-refractivity contribution in [2.45, 2.75) is 59.3 Å². The summed E-state index contributed by atoms with van der Waals surface area (Å²) in [6, 6.07) is 18.0. The lowest BCUT2D eigenvalue weighted by Gasteiger charge is -2.24. The van der Waals surface area contributed by atoms with Crippen LogP contribution >= 0.6 is 0 Å². The Bertz CT molecular complexity index is 2840.